The van der Waals surface area contributed by atoms with E-state index in [1.807, 2.05) is 0 Å². The second kappa shape index (κ2) is 35.1. The molecule has 0 atom stereocenters. The maximum absolute atomic E-state index is 8.55. The Kier molecular flexibility index (Phi) is 34.2. The van der Waals surface area contributed by atoms with Crippen LogP contribution in [-0.2, 0) is 52.1 Å². The third-order valence-corrected chi connectivity index (χ3v) is 4.14. The Hall–Kier alpha value is -0.920. The lowest BCUT2D eigenvalue weighted by atomic mass is 10.6. The van der Waals surface area contributed by atoms with E-state index in [2.05, 4.69) is 5.92 Å². The lowest BCUT2D eigenvalue weighted by Crippen LogP contribution is -2.15. The number of aliphatic hydroxyl groups excluding tert-OH is 1. The molecular weight excluding hydrogens is 492 g/mol. The van der Waals surface area contributed by atoms with Gasteiger partial charge in [0.1, 0.15) is 6.61 Å². The standard InChI is InChI=1S/C25H48O12/c1-2-4-27-6-8-29-10-12-31-14-16-33-18-20-35-22-24-37-25-23-36-21-19-34-17-15-32-13-11-30-9-7-28-5-3-26/h1,26H,3-25H2. The van der Waals surface area contributed by atoms with Crippen LogP contribution in [0.5, 0.6) is 0 Å². The summed E-state index contributed by atoms with van der Waals surface area (Å²) < 4.78 is 58.7. The summed E-state index contributed by atoms with van der Waals surface area (Å²) in [5.41, 5.74) is 0. The van der Waals surface area contributed by atoms with E-state index in [-0.39, 0.29) is 6.61 Å². The fraction of sp³-hybridized carbons (Fsp3) is 0.920. The highest BCUT2D eigenvalue weighted by Gasteiger charge is 1.96. The molecule has 1 N–H and O–H groups in total. The number of terminal acetylenes is 1. The van der Waals surface area contributed by atoms with Crippen LogP contribution < -0.4 is 0 Å². The van der Waals surface area contributed by atoms with Gasteiger partial charge in [0.25, 0.3) is 0 Å². The molecule has 0 spiro atoms. The summed E-state index contributed by atoms with van der Waals surface area (Å²) >= 11 is 0. The molecule has 0 aliphatic carbocycles. The van der Waals surface area contributed by atoms with Crippen LogP contribution in [0.3, 0.4) is 0 Å². The minimum atomic E-state index is 0.0260. The second-order valence-electron chi connectivity index (χ2n) is 7.10. The summed E-state index contributed by atoms with van der Waals surface area (Å²) in [6.45, 7) is 10.8. The Morgan fingerprint density at radius 3 is 0.703 bits per heavy atom. The van der Waals surface area contributed by atoms with Gasteiger partial charge in [-0.15, -0.1) is 6.42 Å². The highest BCUT2D eigenvalue weighted by Crippen LogP contribution is 1.86. The molecule has 0 bridgehead atoms. The molecule has 0 aliphatic heterocycles. The highest BCUT2D eigenvalue weighted by molar-refractivity contribution is 4.82. The minimum Gasteiger partial charge on any atom is -0.394 e. The van der Waals surface area contributed by atoms with E-state index in [1.54, 1.807) is 0 Å². The molecule has 0 aromatic heterocycles. The SMILES string of the molecule is C#CCOCCOCCOCCOCCOCCOCCOCCOCCOCCOCCOCCO. The van der Waals surface area contributed by atoms with Crippen LogP contribution in [-0.4, -0.2) is 157 Å². The fourth-order valence-electron chi connectivity index (χ4n) is 2.39. The van der Waals surface area contributed by atoms with Gasteiger partial charge in [0, 0.05) is 0 Å². The van der Waals surface area contributed by atoms with Crippen LogP contribution in [0.15, 0.2) is 0 Å². The third-order valence-electron chi connectivity index (χ3n) is 4.14. The predicted octanol–water partition coefficient (Wildman–Crippen LogP) is -0.205. The van der Waals surface area contributed by atoms with Gasteiger partial charge in [-0.2, -0.15) is 0 Å². The zero-order chi connectivity index (χ0) is 26.7. The van der Waals surface area contributed by atoms with Crippen LogP contribution in [0.1, 0.15) is 0 Å². The van der Waals surface area contributed by atoms with E-state index in [4.69, 9.17) is 63.6 Å². The summed E-state index contributed by atoms with van der Waals surface area (Å²) in [6.07, 6.45) is 5.07. The maximum atomic E-state index is 8.55. The first kappa shape index (κ1) is 36.1. The van der Waals surface area contributed by atoms with Crippen molar-refractivity contribution in [2.45, 2.75) is 0 Å². The molecule has 220 valence electrons. The molecule has 0 saturated carbocycles. The smallest absolute Gasteiger partial charge is 0.107 e. The van der Waals surface area contributed by atoms with Gasteiger partial charge in [-0.05, 0) is 0 Å². The number of hydrogen-bond donors (Lipinski definition) is 1. The highest BCUT2D eigenvalue weighted by atomic mass is 16.6. The Morgan fingerprint density at radius 2 is 0.514 bits per heavy atom. The molecule has 0 aliphatic rings. The molecule has 0 amide bonds. The van der Waals surface area contributed by atoms with Crippen molar-refractivity contribution >= 4 is 0 Å². The Labute approximate surface area is 222 Å². The molecule has 0 radical (unpaired) electrons. The van der Waals surface area contributed by atoms with Crippen molar-refractivity contribution < 1.29 is 57.2 Å². The van der Waals surface area contributed by atoms with E-state index >= 15 is 0 Å². The average molecular weight is 541 g/mol. The summed E-state index contributed by atoms with van der Waals surface area (Å²) in [5, 5.41) is 8.55. The van der Waals surface area contributed by atoms with Crippen molar-refractivity contribution in [2.24, 2.45) is 0 Å². The molecule has 0 fully saturated rings. The maximum Gasteiger partial charge on any atom is 0.107 e. The minimum absolute atomic E-state index is 0.0260. The lowest BCUT2D eigenvalue weighted by molar-refractivity contribution is -0.0275. The van der Waals surface area contributed by atoms with Gasteiger partial charge in [-0.3, -0.25) is 0 Å². The molecule has 12 nitrogen and oxygen atoms in total. The van der Waals surface area contributed by atoms with Gasteiger partial charge >= 0.3 is 0 Å². The van der Waals surface area contributed by atoms with Gasteiger partial charge in [0.05, 0.1) is 145 Å². The van der Waals surface area contributed by atoms with Crippen molar-refractivity contribution in [3.05, 3.63) is 0 Å². The molecule has 0 aromatic carbocycles. The first-order valence-electron chi connectivity index (χ1n) is 12.8. The van der Waals surface area contributed by atoms with Crippen molar-refractivity contribution in [2.75, 3.05) is 152 Å². The molecular formula is C25H48O12. The molecule has 0 heterocycles. The van der Waals surface area contributed by atoms with Crippen LogP contribution in [0, 0.1) is 12.3 Å². The van der Waals surface area contributed by atoms with E-state index in [1.165, 1.54) is 0 Å². The van der Waals surface area contributed by atoms with E-state index in [0.717, 1.165) is 0 Å². The average Bonchev–Trinajstić information content (AvgIpc) is 2.91. The van der Waals surface area contributed by atoms with Crippen molar-refractivity contribution in [3.8, 4) is 12.3 Å². The van der Waals surface area contributed by atoms with Crippen molar-refractivity contribution in [1.29, 1.82) is 0 Å². The van der Waals surface area contributed by atoms with Gasteiger partial charge < -0.3 is 57.2 Å². The molecule has 12 heteroatoms. The first-order valence-corrected chi connectivity index (χ1v) is 12.8. The van der Waals surface area contributed by atoms with Crippen LogP contribution in [0.4, 0.5) is 0 Å². The van der Waals surface area contributed by atoms with E-state index < -0.39 is 0 Å². The molecule has 0 unspecified atom stereocenters. The quantitative estimate of drug-likeness (QED) is 0.0876. The Morgan fingerprint density at radius 1 is 0.324 bits per heavy atom. The normalized spacial score (nSPS) is 11.2. The zero-order valence-electron chi connectivity index (χ0n) is 22.3. The van der Waals surface area contributed by atoms with Gasteiger partial charge in [0.15, 0.2) is 0 Å². The topological polar surface area (TPSA) is 122 Å². The predicted molar refractivity (Wildman–Crippen MR) is 135 cm³/mol. The van der Waals surface area contributed by atoms with Crippen molar-refractivity contribution in [3.63, 3.8) is 0 Å². The summed E-state index contributed by atoms with van der Waals surface area (Å²) in [5.74, 6) is 2.39. The van der Waals surface area contributed by atoms with E-state index in [9.17, 15) is 0 Å². The van der Waals surface area contributed by atoms with Crippen LogP contribution in [0.25, 0.3) is 0 Å². The van der Waals surface area contributed by atoms with Gasteiger partial charge in [0.2, 0.25) is 0 Å². The van der Waals surface area contributed by atoms with Crippen molar-refractivity contribution in [1.82, 2.24) is 0 Å². The second-order valence-corrected chi connectivity index (χ2v) is 7.10. The number of hydrogen-bond acceptors (Lipinski definition) is 12. The summed E-state index contributed by atoms with van der Waals surface area (Å²) in [6, 6.07) is 0. The van der Waals surface area contributed by atoms with Crippen LogP contribution >= 0.6 is 0 Å². The Bertz CT molecular complexity index is 450. The largest absolute Gasteiger partial charge is 0.394 e. The molecule has 0 saturated heterocycles. The first-order chi connectivity index (χ1) is 18.4. The zero-order valence-corrected chi connectivity index (χ0v) is 22.3. The third kappa shape index (κ3) is 35.1. The molecule has 0 aromatic rings. The summed E-state index contributed by atoms with van der Waals surface area (Å²) in [7, 11) is 0. The van der Waals surface area contributed by atoms with Crippen LogP contribution in [0.2, 0.25) is 0 Å². The lowest BCUT2D eigenvalue weighted by Gasteiger charge is -2.09. The monoisotopic (exact) mass is 540 g/mol. The number of ether oxygens (including phenoxy) is 11. The van der Waals surface area contributed by atoms with Gasteiger partial charge in [-0.25, -0.2) is 0 Å². The number of rotatable bonds is 33. The Balaban J connectivity index is 3.01. The van der Waals surface area contributed by atoms with Gasteiger partial charge in [-0.1, -0.05) is 5.92 Å². The number of aliphatic hydroxyl groups is 1. The van der Waals surface area contributed by atoms with E-state index in [0.29, 0.717) is 145 Å². The molecule has 0 rings (SSSR count). The fourth-order valence-corrected chi connectivity index (χ4v) is 2.39. The molecule has 37 heavy (non-hydrogen) atoms. The summed E-state index contributed by atoms with van der Waals surface area (Å²) in [4.78, 5) is 0.